The molecule has 0 amide bonds. The monoisotopic (exact) mass is 381 g/mol. The van der Waals surface area contributed by atoms with Gasteiger partial charge >= 0.3 is 0 Å². The van der Waals surface area contributed by atoms with E-state index in [2.05, 4.69) is 52.3 Å². The van der Waals surface area contributed by atoms with Gasteiger partial charge < -0.3 is 0 Å². The summed E-state index contributed by atoms with van der Waals surface area (Å²) in [6.45, 7) is 0. The fraction of sp³-hybridized carbons (Fsp3) is 0.478. The molecule has 2 aromatic carbocycles. The number of aryl methyl sites for hydroxylation is 4. The molecule has 2 unspecified atom stereocenters. The Morgan fingerprint density at radius 2 is 1.04 bits per heavy atom. The quantitative estimate of drug-likeness (QED) is 0.531. The summed E-state index contributed by atoms with van der Waals surface area (Å²) in [5, 5.41) is 10.6. The highest BCUT2D eigenvalue weighted by atomic mass is 35.5. The molecule has 1 fully saturated rings. The summed E-state index contributed by atoms with van der Waals surface area (Å²) in [4.78, 5) is 0. The van der Waals surface area contributed by atoms with Crippen LogP contribution < -0.4 is 16.0 Å². The standard InChI is InChI=1S/C23H28ClN3/c24-23-26-21(19-11-9-15-5-1-3-7-17(15)13-19)25-22(27-23)20-12-10-16-6-2-4-8-18(16)14-20/h9-14,21-23,25-27H,1-8H2. The molecular formula is C23H28ClN3. The first-order valence-corrected chi connectivity index (χ1v) is 10.9. The third kappa shape index (κ3) is 3.66. The van der Waals surface area contributed by atoms with E-state index in [0.29, 0.717) is 0 Å². The summed E-state index contributed by atoms with van der Waals surface area (Å²) in [5.74, 6) is 0. The molecule has 2 atom stereocenters. The van der Waals surface area contributed by atoms with Gasteiger partial charge in [0.05, 0.1) is 12.3 Å². The van der Waals surface area contributed by atoms with Gasteiger partial charge in [-0.05, 0) is 84.7 Å². The van der Waals surface area contributed by atoms with Crippen molar-refractivity contribution in [1.29, 1.82) is 0 Å². The van der Waals surface area contributed by atoms with Gasteiger partial charge in [-0.3, -0.25) is 16.0 Å². The zero-order chi connectivity index (χ0) is 18.2. The van der Waals surface area contributed by atoms with Crippen LogP contribution in [0.5, 0.6) is 0 Å². The summed E-state index contributed by atoms with van der Waals surface area (Å²) < 4.78 is 0. The number of benzene rings is 2. The van der Waals surface area contributed by atoms with Crippen molar-refractivity contribution in [3.8, 4) is 0 Å². The zero-order valence-electron chi connectivity index (χ0n) is 15.7. The Labute approximate surface area is 166 Å². The lowest BCUT2D eigenvalue weighted by Crippen LogP contribution is -2.56. The minimum atomic E-state index is -0.256. The van der Waals surface area contributed by atoms with Crippen LogP contribution in [0.25, 0.3) is 0 Å². The van der Waals surface area contributed by atoms with E-state index < -0.39 is 0 Å². The third-order valence-corrected chi connectivity index (χ3v) is 6.62. The van der Waals surface area contributed by atoms with Crippen LogP contribution in [-0.4, -0.2) is 5.62 Å². The Morgan fingerprint density at radius 1 is 0.593 bits per heavy atom. The molecule has 0 radical (unpaired) electrons. The van der Waals surface area contributed by atoms with Crippen LogP contribution in [-0.2, 0) is 25.7 Å². The number of halogens is 1. The molecule has 2 aromatic rings. The maximum Gasteiger partial charge on any atom is 0.138 e. The van der Waals surface area contributed by atoms with E-state index in [-0.39, 0.29) is 18.0 Å². The predicted octanol–water partition coefficient (Wildman–Crippen LogP) is 4.45. The number of hydrogen-bond acceptors (Lipinski definition) is 3. The second-order valence-electron chi connectivity index (χ2n) is 8.20. The second-order valence-corrected chi connectivity index (χ2v) is 8.64. The first-order valence-electron chi connectivity index (χ1n) is 10.4. The van der Waals surface area contributed by atoms with Crippen LogP contribution in [0.15, 0.2) is 36.4 Å². The number of fused-ring (bicyclic) bond motifs is 2. The van der Waals surface area contributed by atoms with Crippen molar-refractivity contribution in [2.75, 3.05) is 0 Å². The topological polar surface area (TPSA) is 36.1 Å². The molecule has 0 saturated carbocycles. The minimum Gasteiger partial charge on any atom is -0.279 e. The van der Waals surface area contributed by atoms with Gasteiger partial charge in [-0.2, -0.15) is 0 Å². The number of alkyl halides is 1. The largest absolute Gasteiger partial charge is 0.279 e. The highest BCUT2D eigenvalue weighted by molar-refractivity contribution is 6.20. The van der Waals surface area contributed by atoms with Crippen LogP contribution in [0.3, 0.4) is 0 Å². The Morgan fingerprint density at radius 3 is 1.52 bits per heavy atom. The van der Waals surface area contributed by atoms with Gasteiger partial charge in [0.15, 0.2) is 0 Å². The smallest absolute Gasteiger partial charge is 0.138 e. The van der Waals surface area contributed by atoms with Crippen molar-refractivity contribution in [1.82, 2.24) is 16.0 Å². The van der Waals surface area contributed by atoms with E-state index in [1.165, 1.54) is 84.7 Å². The van der Waals surface area contributed by atoms with Crippen molar-refractivity contribution in [3.63, 3.8) is 0 Å². The van der Waals surface area contributed by atoms with Gasteiger partial charge in [-0.15, -0.1) is 0 Å². The van der Waals surface area contributed by atoms with E-state index >= 15 is 0 Å². The molecular weight excluding hydrogens is 354 g/mol. The Balaban J connectivity index is 1.39. The van der Waals surface area contributed by atoms with Crippen LogP contribution in [0.2, 0.25) is 0 Å². The van der Waals surface area contributed by atoms with Gasteiger partial charge in [0.1, 0.15) is 5.62 Å². The van der Waals surface area contributed by atoms with Gasteiger partial charge in [0, 0.05) is 0 Å². The summed E-state index contributed by atoms with van der Waals surface area (Å²) in [5.41, 5.74) is 8.37. The maximum absolute atomic E-state index is 6.53. The SMILES string of the molecule is ClC1NC(c2ccc3c(c2)CCCC3)NC(c2ccc3c(c2)CCCC3)N1. The molecule has 5 rings (SSSR count). The highest BCUT2D eigenvalue weighted by Gasteiger charge is 2.28. The molecule has 142 valence electrons. The van der Waals surface area contributed by atoms with Crippen molar-refractivity contribution in [2.24, 2.45) is 0 Å². The Kier molecular flexibility index (Phi) is 4.95. The van der Waals surface area contributed by atoms with Crippen LogP contribution >= 0.6 is 11.6 Å². The molecule has 3 aliphatic rings. The average molecular weight is 382 g/mol. The highest BCUT2D eigenvalue weighted by Crippen LogP contribution is 2.29. The minimum absolute atomic E-state index is 0.0574. The fourth-order valence-electron chi connectivity index (χ4n) is 4.85. The van der Waals surface area contributed by atoms with Crippen LogP contribution in [0, 0.1) is 0 Å². The molecule has 3 nitrogen and oxygen atoms in total. The van der Waals surface area contributed by atoms with Crippen molar-refractivity contribution in [3.05, 3.63) is 69.8 Å². The summed E-state index contributed by atoms with van der Waals surface area (Å²) in [7, 11) is 0. The van der Waals surface area contributed by atoms with Crippen molar-refractivity contribution < 1.29 is 0 Å². The zero-order valence-corrected chi connectivity index (χ0v) is 16.5. The molecule has 0 bridgehead atoms. The Bertz CT molecular complexity index is 767. The van der Waals surface area contributed by atoms with Gasteiger partial charge in [-0.25, -0.2) is 0 Å². The van der Waals surface area contributed by atoms with E-state index in [1.54, 1.807) is 0 Å². The third-order valence-electron chi connectivity index (χ3n) is 6.37. The van der Waals surface area contributed by atoms with E-state index in [0.717, 1.165) is 0 Å². The summed E-state index contributed by atoms with van der Waals surface area (Å²) >= 11 is 6.53. The van der Waals surface area contributed by atoms with Gasteiger partial charge in [-0.1, -0.05) is 48.0 Å². The molecule has 1 heterocycles. The molecule has 1 saturated heterocycles. The van der Waals surface area contributed by atoms with Crippen molar-refractivity contribution >= 4 is 11.6 Å². The molecule has 4 heteroatoms. The maximum atomic E-state index is 6.53. The molecule has 3 N–H and O–H groups in total. The number of rotatable bonds is 2. The molecule has 0 aromatic heterocycles. The second kappa shape index (κ2) is 7.56. The average Bonchev–Trinajstić information content (AvgIpc) is 2.72. The van der Waals surface area contributed by atoms with Crippen molar-refractivity contribution in [2.45, 2.75) is 69.3 Å². The van der Waals surface area contributed by atoms with Gasteiger partial charge in [0.2, 0.25) is 0 Å². The first-order chi connectivity index (χ1) is 13.3. The summed E-state index contributed by atoms with van der Waals surface area (Å²) in [6.07, 6.45) is 10.2. The lowest BCUT2D eigenvalue weighted by Gasteiger charge is -2.37. The van der Waals surface area contributed by atoms with E-state index in [1.807, 2.05) is 0 Å². The van der Waals surface area contributed by atoms with E-state index in [9.17, 15) is 0 Å². The predicted molar refractivity (Wildman–Crippen MR) is 111 cm³/mol. The first kappa shape index (κ1) is 17.7. The Hall–Kier alpha value is -1.39. The molecule has 2 aliphatic carbocycles. The molecule has 27 heavy (non-hydrogen) atoms. The summed E-state index contributed by atoms with van der Waals surface area (Å²) in [6, 6.07) is 13.9. The molecule has 0 spiro atoms. The lowest BCUT2D eigenvalue weighted by atomic mass is 9.89. The lowest BCUT2D eigenvalue weighted by molar-refractivity contribution is 0.246. The van der Waals surface area contributed by atoms with E-state index in [4.69, 9.17) is 11.6 Å². The van der Waals surface area contributed by atoms with Crippen LogP contribution in [0.4, 0.5) is 0 Å². The number of nitrogens with one attached hydrogen (secondary N) is 3. The normalized spacial score (nSPS) is 27.7. The van der Waals surface area contributed by atoms with Crippen LogP contribution in [0.1, 0.15) is 71.4 Å². The molecule has 1 aliphatic heterocycles. The fourth-order valence-corrected chi connectivity index (χ4v) is 5.11. The number of hydrogen-bond donors (Lipinski definition) is 3. The van der Waals surface area contributed by atoms with Gasteiger partial charge in [0.25, 0.3) is 0 Å².